The Morgan fingerprint density at radius 1 is 1.07 bits per heavy atom. The van der Waals surface area contributed by atoms with Gasteiger partial charge in [-0.2, -0.15) is 0 Å². The van der Waals surface area contributed by atoms with E-state index in [2.05, 4.69) is 5.32 Å². The van der Waals surface area contributed by atoms with Crippen molar-refractivity contribution >= 4 is 44.4 Å². The van der Waals surface area contributed by atoms with E-state index in [1.54, 1.807) is 6.08 Å². The van der Waals surface area contributed by atoms with Crippen molar-refractivity contribution in [2.24, 2.45) is 0 Å². The van der Waals surface area contributed by atoms with Gasteiger partial charge in [-0.05, 0) is 24.1 Å². The second-order valence-electron chi connectivity index (χ2n) is 6.03. The van der Waals surface area contributed by atoms with Crippen LogP contribution in [0.1, 0.15) is 35.7 Å². The van der Waals surface area contributed by atoms with E-state index in [4.69, 9.17) is 4.74 Å². The third kappa shape index (κ3) is 4.83. The fraction of sp³-hybridized carbons (Fsp3) is 0.182. The third-order valence-electron chi connectivity index (χ3n) is 3.99. The van der Waals surface area contributed by atoms with E-state index in [0.29, 0.717) is 17.2 Å². The molecule has 3 rings (SSSR count). The summed E-state index contributed by atoms with van der Waals surface area (Å²) < 4.78 is 6.32. The normalized spacial score (nSPS) is 11.0. The third-order valence-corrected chi connectivity index (χ3v) is 5.08. The molecule has 0 spiro atoms. The Bertz CT molecular complexity index is 960. The first kappa shape index (κ1) is 18.9. The molecule has 0 saturated carbocycles. The first-order valence-electron chi connectivity index (χ1n) is 8.92. The number of esters is 1. The predicted molar refractivity (Wildman–Crippen MR) is 111 cm³/mol. The minimum Gasteiger partial charge on any atom is -0.462 e. The molecule has 4 nitrogen and oxygen atoms in total. The van der Waals surface area contributed by atoms with Crippen LogP contribution in [0.5, 0.6) is 0 Å². The summed E-state index contributed by atoms with van der Waals surface area (Å²) in [4.78, 5) is 24.9. The molecule has 0 bridgehead atoms. The van der Waals surface area contributed by atoms with Crippen LogP contribution in [0, 0.1) is 0 Å². The van der Waals surface area contributed by atoms with Crippen LogP contribution in [0.2, 0.25) is 0 Å². The summed E-state index contributed by atoms with van der Waals surface area (Å²) in [6.45, 7) is 2.42. The second kappa shape index (κ2) is 9.14. The van der Waals surface area contributed by atoms with E-state index in [9.17, 15) is 9.59 Å². The summed E-state index contributed by atoms with van der Waals surface area (Å²) >= 11 is 1.37. The average Bonchev–Trinajstić information content (AvgIpc) is 3.05. The maximum Gasteiger partial charge on any atom is 0.341 e. The smallest absolute Gasteiger partial charge is 0.341 e. The quantitative estimate of drug-likeness (QED) is 0.334. The molecule has 0 aliphatic heterocycles. The van der Waals surface area contributed by atoms with Crippen molar-refractivity contribution in [1.29, 1.82) is 0 Å². The van der Waals surface area contributed by atoms with E-state index < -0.39 is 5.97 Å². The van der Waals surface area contributed by atoms with Crippen LogP contribution in [0.3, 0.4) is 0 Å². The molecule has 0 atom stereocenters. The molecule has 2 aromatic carbocycles. The zero-order valence-electron chi connectivity index (χ0n) is 15.1. The van der Waals surface area contributed by atoms with Crippen molar-refractivity contribution in [3.05, 3.63) is 71.8 Å². The number of hydrogen-bond donors (Lipinski definition) is 1. The number of rotatable bonds is 7. The van der Waals surface area contributed by atoms with Gasteiger partial charge in [-0.15, -0.1) is 11.3 Å². The van der Waals surface area contributed by atoms with Crippen molar-refractivity contribution in [2.45, 2.75) is 19.8 Å². The minimum atomic E-state index is -0.400. The highest BCUT2D eigenvalue weighted by Gasteiger charge is 2.21. The van der Waals surface area contributed by atoms with Crippen molar-refractivity contribution < 1.29 is 14.3 Å². The molecular formula is C22H21NO3S. The number of benzene rings is 2. The fourth-order valence-corrected chi connectivity index (χ4v) is 3.70. The van der Waals surface area contributed by atoms with Crippen LogP contribution in [0.4, 0.5) is 5.00 Å². The predicted octanol–water partition coefficient (Wildman–Crippen LogP) is 5.51. The number of hydrogen-bond acceptors (Lipinski definition) is 4. The lowest BCUT2D eigenvalue weighted by Crippen LogP contribution is -2.12. The number of carbonyl (C=O) groups excluding carboxylic acids is 2. The number of amides is 1. The summed E-state index contributed by atoms with van der Waals surface area (Å²) in [6, 6.07) is 17.2. The number of ether oxygens (including phenoxy) is 1. The Kier molecular flexibility index (Phi) is 6.39. The highest BCUT2D eigenvalue weighted by molar-refractivity contribution is 7.23. The van der Waals surface area contributed by atoms with E-state index in [1.165, 1.54) is 17.4 Å². The van der Waals surface area contributed by atoms with Crippen LogP contribution in [-0.2, 0) is 9.53 Å². The van der Waals surface area contributed by atoms with Gasteiger partial charge < -0.3 is 10.1 Å². The summed E-state index contributed by atoms with van der Waals surface area (Å²) in [6.07, 6.45) is 4.97. The molecule has 27 heavy (non-hydrogen) atoms. The van der Waals surface area contributed by atoms with E-state index in [0.717, 1.165) is 28.5 Å². The molecule has 0 saturated heterocycles. The molecule has 138 valence electrons. The SMILES string of the molecule is CCCCOC(=O)c1c(NC(=O)C=Cc2ccccc2)sc2ccccc12. The van der Waals surface area contributed by atoms with Gasteiger partial charge in [-0.25, -0.2) is 4.79 Å². The highest BCUT2D eigenvalue weighted by Crippen LogP contribution is 2.36. The van der Waals surface area contributed by atoms with Crippen LogP contribution in [0.15, 0.2) is 60.7 Å². The highest BCUT2D eigenvalue weighted by atomic mass is 32.1. The standard InChI is InChI=1S/C22H21NO3S/c1-2-3-15-26-22(25)20-17-11-7-8-12-18(17)27-21(20)23-19(24)14-13-16-9-5-4-6-10-16/h4-14H,2-3,15H2,1H3,(H,23,24). The summed E-state index contributed by atoms with van der Waals surface area (Å²) in [5.41, 5.74) is 1.36. The Morgan fingerprint density at radius 3 is 2.59 bits per heavy atom. The number of nitrogens with one attached hydrogen (secondary N) is 1. The van der Waals surface area contributed by atoms with Gasteiger partial charge in [-0.1, -0.05) is 61.9 Å². The van der Waals surface area contributed by atoms with Gasteiger partial charge >= 0.3 is 5.97 Å². The molecule has 1 N–H and O–H groups in total. The van der Waals surface area contributed by atoms with Gasteiger partial charge in [-0.3, -0.25) is 4.79 Å². The van der Waals surface area contributed by atoms with Crippen molar-refractivity contribution in [1.82, 2.24) is 0 Å². The van der Waals surface area contributed by atoms with Crippen LogP contribution in [0.25, 0.3) is 16.2 Å². The molecule has 1 heterocycles. The second-order valence-corrected chi connectivity index (χ2v) is 7.08. The van der Waals surface area contributed by atoms with E-state index in [1.807, 2.05) is 61.5 Å². The molecule has 1 aromatic heterocycles. The van der Waals surface area contributed by atoms with E-state index >= 15 is 0 Å². The fourth-order valence-electron chi connectivity index (χ4n) is 2.61. The van der Waals surface area contributed by atoms with Crippen LogP contribution >= 0.6 is 11.3 Å². The number of thiophene rings is 1. The first-order valence-corrected chi connectivity index (χ1v) is 9.73. The van der Waals surface area contributed by atoms with Gasteiger partial charge in [0.1, 0.15) is 10.6 Å². The Hall–Kier alpha value is -2.92. The number of unbranched alkanes of at least 4 members (excludes halogenated alkanes) is 1. The molecule has 0 unspecified atom stereocenters. The largest absolute Gasteiger partial charge is 0.462 e. The zero-order chi connectivity index (χ0) is 19.1. The topological polar surface area (TPSA) is 55.4 Å². The molecule has 0 radical (unpaired) electrons. The first-order chi connectivity index (χ1) is 13.2. The van der Waals surface area contributed by atoms with Crippen molar-refractivity contribution in [3.8, 4) is 0 Å². The lowest BCUT2D eigenvalue weighted by atomic mass is 10.1. The minimum absolute atomic E-state index is 0.284. The monoisotopic (exact) mass is 379 g/mol. The number of carbonyl (C=O) groups is 2. The molecule has 1 amide bonds. The Balaban J connectivity index is 1.82. The van der Waals surface area contributed by atoms with Gasteiger partial charge in [0.2, 0.25) is 5.91 Å². The maximum atomic E-state index is 12.6. The molecule has 3 aromatic rings. The molecule has 0 aliphatic carbocycles. The maximum absolute atomic E-state index is 12.6. The summed E-state index contributed by atoms with van der Waals surface area (Å²) in [5, 5.41) is 4.15. The number of fused-ring (bicyclic) bond motifs is 1. The van der Waals surface area contributed by atoms with Crippen molar-refractivity contribution in [3.63, 3.8) is 0 Å². The molecule has 0 fully saturated rings. The van der Waals surface area contributed by atoms with Crippen LogP contribution in [-0.4, -0.2) is 18.5 Å². The molecule has 5 heteroatoms. The van der Waals surface area contributed by atoms with Gasteiger partial charge in [0.15, 0.2) is 0 Å². The van der Waals surface area contributed by atoms with Gasteiger partial charge in [0.05, 0.1) is 6.61 Å². The Morgan fingerprint density at radius 2 is 1.81 bits per heavy atom. The molecule has 0 aliphatic rings. The lowest BCUT2D eigenvalue weighted by molar-refractivity contribution is -0.111. The summed E-state index contributed by atoms with van der Waals surface area (Å²) in [7, 11) is 0. The van der Waals surface area contributed by atoms with Gasteiger partial charge in [0.25, 0.3) is 0 Å². The number of anilines is 1. The van der Waals surface area contributed by atoms with Gasteiger partial charge in [0, 0.05) is 16.2 Å². The Labute approximate surface area is 162 Å². The van der Waals surface area contributed by atoms with Crippen molar-refractivity contribution in [2.75, 3.05) is 11.9 Å². The molecular weight excluding hydrogens is 358 g/mol. The summed E-state index contributed by atoms with van der Waals surface area (Å²) in [5.74, 6) is -0.684. The van der Waals surface area contributed by atoms with E-state index in [-0.39, 0.29) is 5.91 Å². The average molecular weight is 379 g/mol. The lowest BCUT2D eigenvalue weighted by Gasteiger charge is -2.06. The van der Waals surface area contributed by atoms with Crippen LogP contribution < -0.4 is 5.32 Å². The zero-order valence-corrected chi connectivity index (χ0v) is 15.9.